The summed E-state index contributed by atoms with van der Waals surface area (Å²) < 4.78 is 25.2. The van der Waals surface area contributed by atoms with Gasteiger partial charge in [0.2, 0.25) is 15.9 Å². The highest BCUT2D eigenvalue weighted by Crippen LogP contribution is 2.27. The van der Waals surface area contributed by atoms with E-state index in [1.807, 2.05) is 43.3 Å². The van der Waals surface area contributed by atoms with Crippen molar-refractivity contribution >= 4 is 21.6 Å². The van der Waals surface area contributed by atoms with Gasteiger partial charge in [0, 0.05) is 19.1 Å². The molecular weight excluding hydrogens is 504 g/mol. The van der Waals surface area contributed by atoms with Crippen molar-refractivity contribution < 1.29 is 23.4 Å². The van der Waals surface area contributed by atoms with E-state index in [0.717, 1.165) is 22.9 Å². The maximum atomic E-state index is 12.4. The van der Waals surface area contributed by atoms with Crippen LogP contribution in [0.2, 0.25) is 0 Å². The maximum absolute atomic E-state index is 12.4. The molecule has 0 spiro atoms. The number of nitrogens with zero attached hydrogens (tertiary/aromatic N) is 1. The topological polar surface area (TPSA) is 152 Å². The van der Waals surface area contributed by atoms with Gasteiger partial charge < -0.3 is 20.8 Å². The number of aromatic hydroxyl groups is 1. The Hall–Kier alpha value is -3.91. The van der Waals surface area contributed by atoms with E-state index in [4.69, 9.17) is 5.26 Å². The van der Waals surface area contributed by atoms with Crippen molar-refractivity contribution in [3.05, 3.63) is 94.5 Å². The zero-order valence-electron chi connectivity index (χ0n) is 21.3. The Morgan fingerprint density at radius 3 is 2.42 bits per heavy atom. The zero-order valence-corrected chi connectivity index (χ0v) is 22.1. The number of nitriles is 1. The smallest absolute Gasteiger partial charge is 0.229 e. The van der Waals surface area contributed by atoms with E-state index in [0.29, 0.717) is 24.1 Å². The summed E-state index contributed by atoms with van der Waals surface area (Å²) in [6.45, 7) is 2.60. The molecule has 200 valence electrons. The number of nitrogens with one attached hydrogen (secondary N) is 3. The van der Waals surface area contributed by atoms with Crippen molar-refractivity contribution in [2.75, 3.05) is 17.5 Å². The predicted molar refractivity (Wildman–Crippen MR) is 146 cm³/mol. The van der Waals surface area contributed by atoms with Crippen LogP contribution in [0, 0.1) is 11.3 Å². The van der Waals surface area contributed by atoms with Gasteiger partial charge in [0.05, 0.1) is 36.1 Å². The zero-order chi connectivity index (χ0) is 27.7. The summed E-state index contributed by atoms with van der Waals surface area (Å²) in [5, 5.41) is 35.5. The van der Waals surface area contributed by atoms with E-state index in [1.165, 1.54) is 18.2 Å². The Labute approximate surface area is 223 Å². The molecule has 0 aliphatic carbocycles. The molecule has 0 aliphatic heterocycles. The van der Waals surface area contributed by atoms with Gasteiger partial charge in [0.1, 0.15) is 5.75 Å². The fraction of sp³-hybridized carbons (Fsp3) is 0.286. The Morgan fingerprint density at radius 1 is 1.03 bits per heavy atom. The first-order chi connectivity index (χ1) is 18.0. The van der Waals surface area contributed by atoms with Gasteiger partial charge in [-0.05, 0) is 59.9 Å². The van der Waals surface area contributed by atoms with Crippen molar-refractivity contribution in [3.8, 4) is 11.8 Å². The molecule has 38 heavy (non-hydrogen) atoms. The van der Waals surface area contributed by atoms with E-state index in [-0.39, 0.29) is 36.4 Å². The maximum Gasteiger partial charge on any atom is 0.229 e. The second-order valence-corrected chi connectivity index (χ2v) is 11.0. The summed E-state index contributed by atoms with van der Waals surface area (Å²) in [5.41, 5.74) is 3.90. The van der Waals surface area contributed by atoms with E-state index < -0.39 is 16.1 Å². The Bertz CT molecular complexity index is 1400. The lowest BCUT2D eigenvalue weighted by molar-refractivity contribution is -0.120. The van der Waals surface area contributed by atoms with E-state index in [9.17, 15) is 23.4 Å². The summed E-state index contributed by atoms with van der Waals surface area (Å²) in [4.78, 5) is 12.4. The van der Waals surface area contributed by atoms with E-state index >= 15 is 0 Å². The summed E-state index contributed by atoms with van der Waals surface area (Å²) in [7, 11) is -3.57. The molecule has 9 nitrogen and oxygen atoms in total. The second kappa shape index (κ2) is 13.1. The van der Waals surface area contributed by atoms with Crippen molar-refractivity contribution in [2.45, 2.75) is 38.5 Å². The summed E-state index contributed by atoms with van der Waals surface area (Å²) in [5.74, 6) is -0.324. The van der Waals surface area contributed by atoms with E-state index in [2.05, 4.69) is 21.4 Å². The van der Waals surface area contributed by atoms with Crippen LogP contribution in [-0.2, 0) is 34.2 Å². The molecule has 1 amide bonds. The molecule has 0 aromatic heterocycles. The Balaban J connectivity index is 1.49. The van der Waals surface area contributed by atoms with Crippen molar-refractivity contribution in [3.63, 3.8) is 0 Å². The van der Waals surface area contributed by atoms with Crippen LogP contribution in [0.3, 0.4) is 0 Å². The number of carbonyl (C=O) groups is 1. The number of sulfonamides is 1. The van der Waals surface area contributed by atoms with Crippen molar-refractivity contribution in [1.82, 2.24) is 10.6 Å². The minimum atomic E-state index is -3.57. The highest BCUT2D eigenvalue weighted by atomic mass is 32.2. The first kappa shape index (κ1) is 28.7. The standard InChI is InChI=1S/C28H32N4O5S/c1-19(30-18-27(34)24-10-11-26(33)25(15-24)32-38(2,36)37)12-22-4-3-5-23(13-22)14-28(35)31-17-21-8-6-20(16-29)7-9-21/h3-11,13,15,19,27,30,32-34H,12,14,17-18H2,1-2H3,(H,31,35)/t19-,27-/m1/s1. The van der Waals surface area contributed by atoms with Crippen LogP contribution in [0.25, 0.3) is 0 Å². The number of benzene rings is 3. The molecule has 0 saturated carbocycles. The van der Waals surface area contributed by atoms with Gasteiger partial charge in [-0.2, -0.15) is 5.26 Å². The second-order valence-electron chi connectivity index (χ2n) is 9.26. The molecule has 2 atom stereocenters. The minimum absolute atomic E-state index is 0.00912. The van der Waals surface area contributed by atoms with Crippen LogP contribution in [0.1, 0.15) is 40.8 Å². The Kier molecular flexibility index (Phi) is 9.85. The fourth-order valence-electron chi connectivity index (χ4n) is 3.91. The van der Waals surface area contributed by atoms with Gasteiger partial charge in [-0.1, -0.05) is 42.5 Å². The van der Waals surface area contributed by atoms with Gasteiger partial charge in [0.25, 0.3) is 0 Å². The highest BCUT2D eigenvalue weighted by Gasteiger charge is 2.14. The fourth-order valence-corrected chi connectivity index (χ4v) is 4.47. The number of anilines is 1. The molecule has 0 radical (unpaired) electrons. The van der Waals surface area contributed by atoms with Gasteiger partial charge in [-0.15, -0.1) is 0 Å². The average molecular weight is 537 g/mol. The SMILES string of the molecule is C[C@H](Cc1cccc(CC(=O)NCc2ccc(C#N)cc2)c1)NC[C@@H](O)c1ccc(O)c(NS(C)(=O)=O)c1. The van der Waals surface area contributed by atoms with Crippen molar-refractivity contribution in [1.29, 1.82) is 5.26 Å². The third kappa shape index (κ3) is 9.19. The van der Waals surface area contributed by atoms with Gasteiger partial charge >= 0.3 is 0 Å². The number of aliphatic hydroxyl groups excluding tert-OH is 1. The molecule has 3 aromatic carbocycles. The van der Waals surface area contributed by atoms with E-state index in [1.54, 1.807) is 12.1 Å². The molecule has 3 rings (SSSR count). The number of hydrogen-bond acceptors (Lipinski definition) is 7. The molecular formula is C28H32N4O5S. The highest BCUT2D eigenvalue weighted by molar-refractivity contribution is 7.92. The number of phenols is 1. The molecule has 3 aromatic rings. The molecule has 0 fully saturated rings. The quantitative estimate of drug-likeness (QED) is 0.223. The third-order valence-electron chi connectivity index (χ3n) is 5.83. The molecule has 0 saturated heterocycles. The van der Waals surface area contributed by atoms with Gasteiger partial charge in [0.15, 0.2) is 0 Å². The monoisotopic (exact) mass is 536 g/mol. The number of carbonyl (C=O) groups excluding carboxylic acids is 1. The summed E-state index contributed by atoms with van der Waals surface area (Å²) in [6, 6.07) is 21.2. The molecule has 0 unspecified atom stereocenters. The first-order valence-corrected chi connectivity index (χ1v) is 14.0. The number of amides is 1. The van der Waals surface area contributed by atoms with Crippen LogP contribution in [0.5, 0.6) is 5.75 Å². The van der Waals surface area contributed by atoms with Crippen LogP contribution in [-0.4, -0.2) is 43.4 Å². The largest absolute Gasteiger partial charge is 0.506 e. The molecule has 0 heterocycles. The lowest BCUT2D eigenvalue weighted by Gasteiger charge is -2.19. The van der Waals surface area contributed by atoms with Gasteiger partial charge in [-0.3, -0.25) is 9.52 Å². The van der Waals surface area contributed by atoms with Crippen LogP contribution in [0.4, 0.5) is 5.69 Å². The predicted octanol–water partition coefficient (Wildman–Crippen LogP) is 2.75. The molecule has 5 N–H and O–H groups in total. The summed E-state index contributed by atoms with van der Waals surface area (Å²) >= 11 is 0. The normalized spacial score (nSPS) is 12.8. The minimum Gasteiger partial charge on any atom is -0.506 e. The first-order valence-electron chi connectivity index (χ1n) is 12.1. The lowest BCUT2D eigenvalue weighted by Crippen LogP contribution is -2.32. The molecule has 10 heteroatoms. The Morgan fingerprint density at radius 2 is 1.74 bits per heavy atom. The number of hydrogen-bond donors (Lipinski definition) is 5. The van der Waals surface area contributed by atoms with Crippen LogP contribution >= 0.6 is 0 Å². The number of phenolic OH excluding ortho intramolecular Hbond substituents is 1. The van der Waals surface area contributed by atoms with Gasteiger partial charge in [-0.25, -0.2) is 8.42 Å². The van der Waals surface area contributed by atoms with Crippen LogP contribution in [0.15, 0.2) is 66.7 Å². The van der Waals surface area contributed by atoms with Crippen LogP contribution < -0.4 is 15.4 Å². The number of rotatable bonds is 12. The third-order valence-corrected chi connectivity index (χ3v) is 6.42. The van der Waals surface area contributed by atoms with Crippen molar-refractivity contribution in [2.24, 2.45) is 0 Å². The lowest BCUT2D eigenvalue weighted by atomic mass is 10.0. The summed E-state index contributed by atoms with van der Waals surface area (Å²) in [6.07, 6.45) is 0.987. The average Bonchev–Trinajstić information content (AvgIpc) is 2.87. The molecule has 0 bridgehead atoms. The number of aliphatic hydroxyl groups is 1. The molecule has 0 aliphatic rings.